The highest BCUT2D eigenvalue weighted by Crippen LogP contribution is 2.43. The van der Waals surface area contributed by atoms with Crippen molar-refractivity contribution < 1.29 is 52.2 Å². The zero-order chi connectivity index (χ0) is 54.1. The van der Waals surface area contributed by atoms with E-state index in [4.69, 9.17) is 23.3 Å². The Hall–Kier alpha value is -2.56. The fourth-order valence-corrected chi connectivity index (χ4v) is 9.43. The van der Waals surface area contributed by atoms with Gasteiger partial charge < -0.3 is 24.2 Å². The Morgan fingerprint density at radius 1 is 0.392 bits per heavy atom. The molecule has 432 valence electrons. The van der Waals surface area contributed by atoms with E-state index in [0.29, 0.717) is 19.3 Å². The molecule has 0 aromatic carbocycles. The van der Waals surface area contributed by atoms with Crippen molar-refractivity contribution in [2.24, 2.45) is 0 Å². The van der Waals surface area contributed by atoms with E-state index in [9.17, 15) is 28.9 Å². The highest BCUT2D eigenvalue weighted by molar-refractivity contribution is 7.47. The Kier molecular flexibility index (Phi) is 54.7. The quantitative estimate of drug-likeness (QED) is 0.0197. The fourth-order valence-electron chi connectivity index (χ4n) is 8.64. The first-order valence-electron chi connectivity index (χ1n) is 30.5. The summed E-state index contributed by atoms with van der Waals surface area (Å²) in [6.45, 7) is 4.55. The molecule has 74 heavy (non-hydrogen) atoms. The average molecular weight is 1070 g/mol. The number of rotatable bonds is 57. The van der Waals surface area contributed by atoms with Gasteiger partial charge in [-0.05, 0) is 57.8 Å². The van der Waals surface area contributed by atoms with E-state index in [0.717, 1.165) is 89.9 Å². The molecule has 0 aliphatic rings. The monoisotopic (exact) mass is 1060 g/mol. The minimum Gasteiger partial charge on any atom is -0.462 e. The molecule has 0 bridgehead atoms. The molecule has 12 heteroatoms. The van der Waals surface area contributed by atoms with Crippen LogP contribution in [0, 0.1) is 0 Å². The molecule has 3 unspecified atom stereocenters. The summed E-state index contributed by atoms with van der Waals surface area (Å²) in [4.78, 5) is 48.6. The maximum absolute atomic E-state index is 12.9. The van der Waals surface area contributed by atoms with Crippen LogP contribution in [0.3, 0.4) is 0 Å². The fraction of sp³-hybridized carbons (Fsp3) is 0.823. The Morgan fingerprint density at radius 2 is 0.703 bits per heavy atom. The van der Waals surface area contributed by atoms with Crippen LogP contribution in [0.4, 0.5) is 0 Å². The third kappa shape index (κ3) is 54.2. The van der Waals surface area contributed by atoms with E-state index in [1.54, 1.807) is 0 Å². The van der Waals surface area contributed by atoms with E-state index in [1.807, 2.05) is 0 Å². The molecule has 0 spiro atoms. The molecule has 11 nitrogen and oxygen atoms in total. The van der Waals surface area contributed by atoms with Crippen LogP contribution in [-0.4, -0.2) is 66.5 Å². The molecule has 0 aromatic heterocycles. The van der Waals surface area contributed by atoms with Gasteiger partial charge in [-0.3, -0.25) is 23.4 Å². The molecular formula is C62H113O11P. The molecule has 0 saturated carbocycles. The number of esters is 3. The van der Waals surface area contributed by atoms with Crippen molar-refractivity contribution in [3.8, 4) is 0 Å². The number of phosphoric acid groups is 1. The first-order valence-corrected chi connectivity index (χ1v) is 32.0. The highest BCUT2D eigenvalue weighted by Gasteiger charge is 2.28. The molecule has 2 N–H and O–H groups in total. The van der Waals surface area contributed by atoms with Gasteiger partial charge >= 0.3 is 25.7 Å². The number of unbranched alkanes of at least 4 members (excludes halogenated alkanes) is 32. The van der Waals surface area contributed by atoms with Crippen LogP contribution in [0.5, 0.6) is 0 Å². The number of aliphatic hydroxyl groups excluding tert-OH is 1. The third-order valence-corrected chi connectivity index (χ3v) is 14.2. The summed E-state index contributed by atoms with van der Waals surface area (Å²) in [6.07, 6.45) is 60.7. The van der Waals surface area contributed by atoms with Crippen LogP contribution >= 0.6 is 7.82 Å². The lowest BCUT2D eigenvalue weighted by Crippen LogP contribution is -2.30. The molecule has 0 aromatic rings. The lowest BCUT2D eigenvalue weighted by molar-refractivity contribution is -0.161. The Labute approximate surface area is 453 Å². The number of hydrogen-bond donors (Lipinski definition) is 2. The Morgan fingerprint density at radius 3 is 1.08 bits per heavy atom. The third-order valence-electron chi connectivity index (χ3n) is 13.3. The molecule has 0 aliphatic carbocycles. The second kappa shape index (κ2) is 56.6. The lowest BCUT2D eigenvalue weighted by Gasteiger charge is -2.21. The summed E-state index contributed by atoms with van der Waals surface area (Å²) >= 11 is 0. The van der Waals surface area contributed by atoms with E-state index < -0.39 is 57.8 Å². The molecule has 0 saturated heterocycles. The smallest absolute Gasteiger partial charge is 0.462 e. The van der Waals surface area contributed by atoms with Crippen molar-refractivity contribution in [1.82, 2.24) is 0 Å². The molecule has 3 atom stereocenters. The summed E-state index contributed by atoms with van der Waals surface area (Å²) in [5, 5.41) is 9.82. The summed E-state index contributed by atoms with van der Waals surface area (Å²) in [5.41, 5.74) is 0. The minimum atomic E-state index is -4.75. The van der Waals surface area contributed by atoms with Gasteiger partial charge in [-0.15, -0.1) is 0 Å². The van der Waals surface area contributed by atoms with E-state index in [-0.39, 0.29) is 25.9 Å². The number of carbonyl (C=O) groups is 3. The first kappa shape index (κ1) is 71.4. The van der Waals surface area contributed by atoms with Gasteiger partial charge in [0.15, 0.2) is 6.10 Å². The summed E-state index contributed by atoms with van der Waals surface area (Å²) in [6, 6.07) is 0. The number of hydrogen-bond acceptors (Lipinski definition) is 10. The maximum Gasteiger partial charge on any atom is 0.472 e. The van der Waals surface area contributed by atoms with Crippen LogP contribution < -0.4 is 0 Å². The van der Waals surface area contributed by atoms with Gasteiger partial charge in [0, 0.05) is 19.3 Å². The van der Waals surface area contributed by atoms with Crippen LogP contribution in [0.2, 0.25) is 0 Å². The normalized spacial score (nSPS) is 13.6. The van der Waals surface area contributed by atoms with Gasteiger partial charge in [0.2, 0.25) is 0 Å². The zero-order valence-corrected chi connectivity index (χ0v) is 48.7. The topological polar surface area (TPSA) is 155 Å². The SMILES string of the molecule is CC/C=C\C/C=C\C/C=C\C/C=C\CCCCCCC(=O)OC(CO)COP(=O)(O)OCC(COC(=O)CCCCCCCCCCCCC)OC(=O)CCCCCCCCCCCCCCCCCCCCC. The number of carbonyl (C=O) groups excluding carboxylic acids is 3. The predicted molar refractivity (Wildman–Crippen MR) is 307 cm³/mol. The van der Waals surface area contributed by atoms with Crippen molar-refractivity contribution >= 4 is 25.7 Å². The average Bonchev–Trinajstić information content (AvgIpc) is 3.39. The molecule has 0 heterocycles. The van der Waals surface area contributed by atoms with Crippen LogP contribution in [0.15, 0.2) is 48.6 Å². The molecule has 0 amide bonds. The largest absolute Gasteiger partial charge is 0.472 e. The van der Waals surface area contributed by atoms with Gasteiger partial charge in [-0.1, -0.05) is 262 Å². The van der Waals surface area contributed by atoms with Crippen molar-refractivity contribution in [2.45, 2.75) is 303 Å². The standard InChI is InChI=1S/C62H113O11P/c1-4-7-10-13-16-19-22-24-26-28-29-31-33-35-38-41-44-47-50-53-62(66)73-59(55-69-60(64)51-48-45-42-39-36-21-18-15-12-9-6-3)57-71-74(67,68)70-56-58(54-63)72-61(65)52-49-46-43-40-37-34-32-30-27-25-23-20-17-14-11-8-5-2/h8,11,17,20,25,27,32,34,58-59,63H,4-7,9-10,12-16,18-19,21-24,26,28-31,33,35-57H2,1-3H3,(H,67,68)/b11-8-,20-17-,27-25-,34-32-. The second-order valence-electron chi connectivity index (χ2n) is 20.5. The van der Waals surface area contributed by atoms with E-state index >= 15 is 0 Å². The molecule has 0 rings (SSSR count). The maximum atomic E-state index is 12.9. The second-order valence-corrected chi connectivity index (χ2v) is 22.0. The molecule has 0 fully saturated rings. The highest BCUT2D eigenvalue weighted by atomic mass is 31.2. The van der Waals surface area contributed by atoms with Crippen LogP contribution in [0.1, 0.15) is 290 Å². The first-order chi connectivity index (χ1) is 36.2. The molecule has 0 radical (unpaired) electrons. The van der Waals surface area contributed by atoms with Gasteiger partial charge in [0.1, 0.15) is 12.7 Å². The number of ether oxygens (including phenoxy) is 3. The van der Waals surface area contributed by atoms with Crippen molar-refractivity contribution in [3.63, 3.8) is 0 Å². The zero-order valence-electron chi connectivity index (χ0n) is 47.8. The molecular weight excluding hydrogens is 952 g/mol. The number of allylic oxidation sites excluding steroid dienone is 8. The van der Waals surface area contributed by atoms with Crippen LogP contribution in [-0.2, 0) is 42.2 Å². The van der Waals surface area contributed by atoms with Gasteiger partial charge in [0.05, 0.1) is 19.8 Å². The van der Waals surface area contributed by atoms with Crippen molar-refractivity contribution in [1.29, 1.82) is 0 Å². The van der Waals surface area contributed by atoms with E-state index in [2.05, 4.69) is 69.4 Å². The summed E-state index contributed by atoms with van der Waals surface area (Å²) in [7, 11) is -4.75. The van der Waals surface area contributed by atoms with Crippen LogP contribution in [0.25, 0.3) is 0 Å². The van der Waals surface area contributed by atoms with Crippen molar-refractivity contribution in [3.05, 3.63) is 48.6 Å². The Balaban J connectivity index is 4.64. The van der Waals surface area contributed by atoms with Gasteiger partial charge in [-0.25, -0.2) is 4.57 Å². The predicted octanol–water partition coefficient (Wildman–Crippen LogP) is 18.1. The summed E-state index contributed by atoms with van der Waals surface area (Å²) < 4.78 is 39.6. The molecule has 0 aliphatic heterocycles. The lowest BCUT2D eigenvalue weighted by atomic mass is 10.0. The summed E-state index contributed by atoms with van der Waals surface area (Å²) in [5.74, 6) is -1.47. The Bertz CT molecular complexity index is 1430. The number of aliphatic hydroxyl groups is 1. The number of phosphoric ester groups is 1. The minimum absolute atomic E-state index is 0.151. The van der Waals surface area contributed by atoms with Crippen molar-refractivity contribution in [2.75, 3.05) is 26.4 Å². The van der Waals surface area contributed by atoms with Gasteiger partial charge in [0.25, 0.3) is 0 Å². The van der Waals surface area contributed by atoms with E-state index in [1.165, 1.54) is 141 Å². The van der Waals surface area contributed by atoms with Gasteiger partial charge in [-0.2, -0.15) is 0 Å².